The average Bonchev–Trinajstić information content (AvgIpc) is 2.55. The van der Waals surface area contributed by atoms with Crippen molar-refractivity contribution in [2.45, 2.75) is 39.2 Å². The minimum absolute atomic E-state index is 0.0355. The van der Waals surface area contributed by atoms with E-state index >= 15 is 0 Å². The molecule has 0 spiro atoms. The molecule has 0 bridgehead atoms. The topological polar surface area (TPSA) is 52.6 Å². The fraction of sp³-hybridized carbons (Fsp3) is 0.529. The summed E-state index contributed by atoms with van der Waals surface area (Å²) in [6.45, 7) is 1.76. The Labute approximate surface area is 128 Å². The van der Waals surface area contributed by atoms with Crippen LogP contribution in [0.3, 0.4) is 0 Å². The Kier molecular flexibility index (Phi) is 4.13. The van der Waals surface area contributed by atoms with Gasteiger partial charge in [0.15, 0.2) is 0 Å². The Hall–Kier alpha value is -1.84. The normalized spacial score (nSPS) is 29.0. The van der Waals surface area contributed by atoms with Gasteiger partial charge in [0.1, 0.15) is 6.61 Å². The van der Waals surface area contributed by atoms with E-state index in [0.717, 1.165) is 5.56 Å². The third-order valence-corrected chi connectivity index (χ3v) is 4.10. The summed E-state index contributed by atoms with van der Waals surface area (Å²) in [5, 5.41) is 0. The molecule has 0 aromatic heterocycles. The monoisotopic (exact) mass is 292 g/mol. The van der Waals surface area contributed by atoms with Gasteiger partial charge in [0.25, 0.3) is 0 Å². The highest BCUT2D eigenvalue weighted by Crippen LogP contribution is 2.42. The molecular formula is C17H22O4. The van der Waals surface area contributed by atoms with Gasteiger partial charge in [-0.15, -0.1) is 0 Å². The van der Waals surface area contributed by atoms with Crippen LogP contribution < -0.4 is 0 Å². The molecule has 0 radical (unpaired) electrons. The van der Waals surface area contributed by atoms with E-state index in [9.17, 15) is 9.59 Å². The Balaban J connectivity index is 2.13. The van der Waals surface area contributed by atoms with E-state index in [2.05, 4.69) is 0 Å². The van der Waals surface area contributed by atoms with Gasteiger partial charge in [-0.3, -0.25) is 9.59 Å². The van der Waals surface area contributed by atoms with E-state index < -0.39 is 29.6 Å². The number of esters is 2. The van der Waals surface area contributed by atoms with Crippen LogP contribution in [0.2, 0.25) is 0 Å². The highest BCUT2D eigenvalue weighted by atomic mass is 16.5. The summed E-state index contributed by atoms with van der Waals surface area (Å²) in [6, 6.07) is 9.25. The summed E-state index contributed by atoms with van der Waals surface area (Å²) in [7, 11) is 1.28. The number of rotatable bonds is 4. The molecule has 0 unspecified atom stereocenters. The molecule has 1 aliphatic carbocycles. The third-order valence-electron chi connectivity index (χ3n) is 4.10. The summed E-state index contributed by atoms with van der Waals surface area (Å²) in [6.07, 6.45) is -1.03. The van der Waals surface area contributed by atoms with E-state index in [1.165, 1.54) is 7.11 Å². The highest BCUT2D eigenvalue weighted by molar-refractivity contribution is 5.85. The Bertz CT molecular complexity index is 573. The number of carbonyl (C=O) groups excluding carboxylic acids is 2. The van der Waals surface area contributed by atoms with Crippen molar-refractivity contribution in [3.63, 3.8) is 0 Å². The second kappa shape index (κ2) is 6.74. The van der Waals surface area contributed by atoms with Gasteiger partial charge in [-0.25, -0.2) is 0 Å². The van der Waals surface area contributed by atoms with Crippen molar-refractivity contribution in [3.05, 3.63) is 35.9 Å². The lowest BCUT2D eigenvalue weighted by Gasteiger charge is -2.37. The molecule has 0 heterocycles. The van der Waals surface area contributed by atoms with E-state index in [0.29, 0.717) is 0 Å². The highest BCUT2D eigenvalue weighted by Gasteiger charge is 2.48. The van der Waals surface area contributed by atoms with Gasteiger partial charge >= 0.3 is 11.9 Å². The largest absolute Gasteiger partial charge is 0.469 e. The molecule has 1 fully saturated rings. The van der Waals surface area contributed by atoms with Crippen molar-refractivity contribution >= 4 is 11.9 Å². The smallest absolute Gasteiger partial charge is 0.312 e. The summed E-state index contributed by atoms with van der Waals surface area (Å²) in [5.41, 5.74) is -0.201. The molecule has 4 heteroatoms. The van der Waals surface area contributed by atoms with Gasteiger partial charge in [-0.2, -0.15) is 0 Å². The first-order chi connectivity index (χ1) is 10.8. The summed E-state index contributed by atoms with van der Waals surface area (Å²) in [4.78, 5) is 24.6. The van der Waals surface area contributed by atoms with E-state index in [1.807, 2.05) is 30.3 Å². The average molecular weight is 292 g/mol. The number of hydrogen-bond acceptors (Lipinski definition) is 4. The Morgan fingerprint density at radius 1 is 1.38 bits per heavy atom. The van der Waals surface area contributed by atoms with Crippen molar-refractivity contribution in [2.24, 2.45) is 11.3 Å². The van der Waals surface area contributed by atoms with Crippen LogP contribution in [0.15, 0.2) is 30.3 Å². The lowest BCUT2D eigenvalue weighted by atomic mass is 9.67. The maximum Gasteiger partial charge on any atom is 0.312 e. The molecule has 0 N–H and O–H groups in total. The van der Waals surface area contributed by atoms with Crippen LogP contribution in [0.1, 0.15) is 40.9 Å². The fourth-order valence-corrected chi connectivity index (χ4v) is 2.64. The molecule has 2 rings (SSSR count). The molecule has 1 aliphatic rings. The number of carbonyl (C=O) groups is 2. The van der Waals surface area contributed by atoms with Gasteiger partial charge in [-0.05, 0) is 25.3 Å². The summed E-state index contributed by atoms with van der Waals surface area (Å²) in [5.74, 6) is -1.89. The number of methoxy groups -OCH3 is 1. The van der Waals surface area contributed by atoms with Crippen molar-refractivity contribution in [2.75, 3.05) is 7.11 Å². The van der Waals surface area contributed by atoms with Gasteiger partial charge < -0.3 is 9.47 Å². The van der Waals surface area contributed by atoms with Crippen LogP contribution >= 0.6 is 0 Å². The van der Waals surface area contributed by atoms with Crippen LogP contribution in [-0.2, 0) is 25.7 Å². The van der Waals surface area contributed by atoms with Crippen molar-refractivity contribution in [1.82, 2.24) is 0 Å². The molecule has 0 aliphatic heterocycles. The standard InChI is InChI=1S/C17H22O4/c1-17(16(19)20-2)11-7-6-10-14(17)15(18)21-12-13-8-4-3-5-9-13/h3-5,8-9,14H,6-7,10-12H2,1-2H3/t14-,17-/m0/s1/i6D2. The van der Waals surface area contributed by atoms with E-state index in [1.54, 1.807) is 6.92 Å². The first kappa shape index (κ1) is 12.9. The number of benzene rings is 1. The van der Waals surface area contributed by atoms with Gasteiger partial charge in [0, 0.05) is 2.74 Å². The molecular weight excluding hydrogens is 268 g/mol. The zero-order valence-corrected chi connectivity index (χ0v) is 12.4. The predicted octanol–water partition coefficient (Wildman–Crippen LogP) is 3.10. The van der Waals surface area contributed by atoms with Gasteiger partial charge in [0.05, 0.1) is 18.4 Å². The van der Waals surface area contributed by atoms with Crippen LogP contribution in [0, 0.1) is 11.3 Å². The van der Waals surface area contributed by atoms with Crippen molar-refractivity contribution in [1.29, 1.82) is 0 Å². The summed E-state index contributed by atoms with van der Waals surface area (Å²) >= 11 is 0. The maximum absolute atomic E-state index is 12.5. The lowest BCUT2D eigenvalue weighted by Crippen LogP contribution is -2.43. The Morgan fingerprint density at radius 3 is 2.76 bits per heavy atom. The van der Waals surface area contributed by atoms with E-state index in [4.69, 9.17) is 12.2 Å². The quantitative estimate of drug-likeness (QED) is 0.800. The second-order valence-electron chi connectivity index (χ2n) is 5.51. The van der Waals surface area contributed by atoms with Crippen molar-refractivity contribution in [3.8, 4) is 0 Å². The molecule has 114 valence electrons. The second-order valence-corrected chi connectivity index (χ2v) is 5.51. The minimum atomic E-state index is -1.48. The molecule has 21 heavy (non-hydrogen) atoms. The van der Waals surface area contributed by atoms with Crippen LogP contribution in [0.25, 0.3) is 0 Å². The van der Waals surface area contributed by atoms with Crippen LogP contribution in [0.4, 0.5) is 0 Å². The van der Waals surface area contributed by atoms with Gasteiger partial charge in [-0.1, -0.05) is 43.1 Å². The first-order valence-electron chi connectivity index (χ1n) is 8.07. The molecule has 4 nitrogen and oxygen atoms in total. The minimum Gasteiger partial charge on any atom is -0.469 e. The van der Waals surface area contributed by atoms with Crippen LogP contribution in [-0.4, -0.2) is 19.0 Å². The first-order valence-corrected chi connectivity index (χ1v) is 7.07. The maximum atomic E-state index is 12.5. The Morgan fingerprint density at radius 2 is 2.10 bits per heavy atom. The third kappa shape index (κ3) is 3.43. The van der Waals surface area contributed by atoms with Crippen LogP contribution in [0.5, 0.6) is 0 Å². The molecule has 1 aromatic rings. The molecule has 0 saturated heterocycles. The zero-order chi connectivity index (χ0) is 17.1. The SMILES string of the molecule is [2H]C1([2H])CC[C@](C)(C(=O)OC)[C@H](C(=O)OCc2ccccc2)C1. The van der Waals surface area contributed by atoms with Crippen molar-refractivity contribution < 1.29 is 21.8 Å². The van der Waals surface area contributed by atoms with Gasteiger partial charge in [0.2, 0.25) is 0 Å². The predicted molar refractivity (Wildman–Crippen MR) is 78.3 cm³/mol. The molecule has 1 aromatic carbocycles. The number of ether oxygens (including phenoxy) is 2. The lowest BCUT2D eigenvalue weighted by molar-refractivity contribution is -0.170. The molecule has 1 saturated carbocycles. The van der Waals surface area contributed by atoms with E-state index in [-0.39, 0.29) is 25.9 Å². The zero-order valence-electron chi connectivity index (χ0n) is 14.4. The fourth-order valence-electron chi connectivity index (χ4n) is 2.64. The summed E-state index contributed by atoms with van der Waals surface area (Å²) < 4.78 is 26.0. The molecule has 2 atom stereocenters. The number of hydrogen-bond donors (Lipinski definition) is 0. The molecule has 0 amide bonds.